The molecule has 0 aliphatic rings. The highest BCUT2D eigenvalue weighted by molar-refractivity contribution is 5.89. The maximum absolute atomic E-state index is 11.3. The van der Waals surface area contributed by atoms with Gasteiger partial charge in [0.2, 0.25) is 5.69 Å². The Morgan fingerprint density at radius 3 is 2.63 bits per heavy atom. The fourth-order valence-electron chi connectivity index (χ4n) is 1.52. The number of nitrogens with zero attached hydrogens (tertiary/aromatic N) is 1. The Kier molecular flexibility index (Phi) is 5.42. The minimum absolute atomic E-state index is 0.294. The van der Waals surface area contributed by atoms with E-state index in [0.717, 1.165) is 0 Å². The van der Waals surface area contributed by atoms with Crippen molar-refractivity contribution in [3.63, 3.8) is 0 Å². The molecule has 5 heteroatoms. The van der Waals surface area contributed by atoms with E-state index in [0.29, 0.717) is 29.4 Å². The standard InChI is InChI=1S/C14H15NO4/c1-5-19-12(16)9-7-10-6-8-11(17-3)14(18-4)13(10)15-2/h6-9H,5H2,1,3-4H3/b9-7+. The molecule has 19 heavy (non-hydrogen) atoms. The minimum atomic E-state index is -0.451. The molecule has 0 saturated heterocycles. The van der Waals surface area contributed by atoms with Gasteiger partial charge in [-0.15, -0.1) is 0 Å². The molecule has 100 valence electrons. The molecule has 1 aromatic rings. The molecule has 0 atom stereocenters. The number of ether oxygens (including phenoxy) is 3. The van der Waals surface area contributed by atoms with Crippen molar-refractivity contribution in [2.24, 2.45) is 0 Å². The van der Waals surface area contributed by atoms with Crippen molar-refractivity contribution in [1.82, 2.24) is 0 Å². The zero-order valence-electron chi connectivity index (χ0n) is 11.1. The quantitative estimate of drug-likeness (QED) is 0.464. The molecule has 0 spiro atoms. The molecule has 1 rings (SSSR count). The van der Waals surface area contributed by atoms with Crippen LogP contribution in [0.5, 0.6) is 11.5 Å². The molecule has 0 aliphatic heterocycles. The average molecular weight is 261 g/mol. The van der Waals surface area contributed by atoms with Crippen LogP contribution in [0, 0.1) is 6.57 Å². The van der Waals surface area contributed by atoms with Gasteiger partial charge in [-0.25, -0.2) is 9.64 Å². The van der Waals surface area contributed by atoms with Crippen LogP contribution >= 0.6 is 0 Å². The van der Waals surface area contributed by atoms with Crippen molar-refractivity contribution in [2.75, 3.05) is 20.8 Å². The molecule has 0 fully saturated rings. The van der Waals surface area contributed by atoms with E-state index in [4.69, 9.17) is 20.8 Å². The van der Waals surface area contributed by atoms with E-state index in [1.54, 1.807) is 19.1 Å². The van der Waals surface area contributed by atoms with E-state index < -0.39 is 5.97 Å². The zero-order valence-corrected chi connectivity index (χ0v) is 11.1. The second-order valence-corrected chi connectivity index (χ2v) is 3.44. The number of hydrogen-bond donors (Lipinski definition) is 0. The zero-order chi connectivity index (χ0) is 14.3. The van der Waals surface area contributed by atoms with Crippen molar-refractivity contribution in [3.8, 4) is 11.5 Å². The molecule has 5 nitrogen and oxygen atoms in total. The van der Waals surface area contributed by atoms with Gasteiger partial charge in [0.25, 0.3) is 0 Å². The molecule has 0 radical (unpaired) electrons. The molecule has 0 heterocycles. The summed E-state index contributed by atoms with van der Waals surface area (Å²) in [6, 6.07) is 3.36. The van der Waals surface area contributed by atoms with E-state index in [-0.39, 0.29) is 0 Å². The minimum Gasteiger partial charge on any atom is -0.504 e. The Balaban J connectivity index is 3.16. The van der Waals surface area contributed by atoms with E-state index in [2.05, 4.69) is 4.85 Å². The molecule has 0 bridgehead atoms. The fourth-order valence-corrected chi connectivity index (χ4v) is 1.52. The third kappa shape index (κ3) is 3.49. The van der Waals surface area contributed by atoms with Crippen LogP contribution < -0.4 is 9.47 Å². The van der Waals surface area contributed by atoms with Crippen molar-refractivity contribution < 1.29 is 19.0 Å². The Hall–Kier alpha value is -2.48. The topological polar surface area (TPSA) is 49.1 Å². The van der Waals surface area contributed by atoms with Gasteiger partial charge in [-0.05, 0) is 18.6 Å². The summed E-state index contributed by atoms with van der Waals surface area (Å²) in [6.45, 7) is 9.25. The van der Waals surface area contributed by atoms with E-state index in [1.165, 1.54) is 26.4 Å². The van der Waals surface area contributed by atoms with Gasteiger partial charge in [0, 0.05) is 6.08 Å². The highest BCUT2D eigenvalue weighted by Crippen LogP contribution is 2.40. The van der Waals surface area contributed by atoms with Crippen molar-refractivity contribution in [1.29, 1.82) is 0 Å². The molecular formula is C14H15NO4. The largest absolute Gasteiger partial charge is 0.504 e. The van der Waals surface area contributed by atoms with Gasteiger partial charge in [-0.1, -0.05) is 12.1 Å². The smallest absolute Gasteiger partial charge is 0.330 e. The first-order chi connectivity index (χ1) is 9.17. The summed E-state index contributed by atoms with van der Waals surface area (Å²) < 4.78 is 15.1. The molecule has 0 aromatic heterocycles. The summed E-state index contributed by atoms with van der Waals surface area (Å²) in [5, 5.41) is 0. The number of carbonyl (C=O) groups is 1. The summed E-state index contributed by atoms with van der Waals surface area (Å²) in [6.07, 6.45) is 2.80. The van der Waals surface area contributed by atoms with Gasteiger partial charge in [-0.2, -0.15) is 0 Å². The van der Waals surface area contributed by atoms with Crippen LogP contribution in [0.1, 0.15) is 12.5 Å². The predicted octanol–water partition coefficient (Wildman–Crippen LogP) is 2.83. The van der Waals surface area contributed by atoms with Gasteiger partial charge in [0.1, 0.15) is 5.75 Å². The molecule has 0 N–H and O–H groups in total. The number of methoxy groups -OCH3 is 2. The number of esters is 1. The Morgan fingerprint density at radius 1 is 1.37 bits per heavy atom. The van der Waals surface area contributed by atoms with E-state index in [9.17, 15) is 4.79 Å². The maximum Gasteiger partial charge on any atom is 0.330 e. The van der Waals surface area contributed by atoms with Gasteiger partial charge in [0.05, 0.1) is 27.4 Å². The summed E-state index contributed by atoms with van der Waals surface area (Å²) in [5.74, 6) is 0.374. The summed E-state index contributed by atoms with van der Waals surface area (Å²) in [4.78, 5) is 14.7. The van der Waals surface area contributed by atoms with Crippen LogP contribution in [0.25, 0.3) is 10.9 Å². The second kappa shape index (κ2) is 7.07. The van der Waals surface area contributed by atoms with E-state index in [1.807, 2.05) is 0 Å². The lowest BCUT2D eigenvalue weighted by Gasteiger charge is -2.10. The van der Waals surface area contributed by atoms with Crippen LogP contribution in [0.4, 0.5) is 5.69 Å². The van der Waals surface area contributed by atoms with Gasteiger partial charge >= 0.3 is 5.97 Å². The Labute approximate surface area is 112 Å². The first-order valence-corrected chi connectivity index (χ1v) is 5.65. The maximum atomic E-state index is 11.3. The third-order valence-electron chi connectivity index (χ3n) is 2.35. The van der Waals surface area contributed by atoms with Crippen molar-refractivity contribution in [2.45, 2.75) is 6.92 Å². The van der Waals surface area contributed by atoms with Crippen molar-refractivity contribution >= 4 is 17.7 Å². The van der Waals surface area contributed by atoms with Crippen LogP contribution in [0.2, 0.25) is 0 Å². The van der Waals surface area contributed by atoms with Crippen LogP contribution in [0.3, 0.4) is 0 Å². The normalized spacial score (nSPS) is 10.0. The molecule has 0 saturated carbocycles. The fraction of sp³-hybridized carbons (Fsp3) is 0.286. The number of hydrogen-bond acceptors (Lipinski definition) is 4. The highest BCUT2D eigenvalue weighted by Gasteiger charge is 2.13. The second-order valence-electron chi connectivity index (χ2n) is 3.44. The third-order valence-corrected chi connectivity index (χ3v) is 2.35. The van der Waals surface area contributed by atoms with Gasteiger partial charge in [-0.3, -0.25) is 0 Å². The number of carbonyl (C=O) groups excluding carboxylic acids is 1. The van der Waals surface area contributed by atoms with Crippen molar-refractivity contribution in [3.05, 3.63) is 35.2 Å². The first kappa shape index (κ1) is 14.6. The van der Waals surface area contributed by atoms with Crippen LogP contribution in [-0.4, -0.2) is 26.8 Å². The Bertz CT molecular complexity index is 529. The summed E-state index contributed by atoms with van der Waals surface area (Å²) >= 11 is 0. The first-order valence-electron chi connectivity index (χ1n) is 5.65. The lowest BCUT2D eigenvalue weighted by atomic mass is 10.1. The van der Waals surface area contributed by atoms with Crippen LogP contribution in [-0.2, 0) is 9.53 Å². The van der Waals surface area contributed by atoms with Gasteiger partial charge < -0.3 is 14.2 Å². The highest BCUT2D eigenvalue weighted by atomic mass is 16.5. The molecule has 0 aliphatic carbocycles. The predicted molar refractivity (Wildman–Crippen MR) is 71.5 cm³/mol. The Morgan fingerprint density at radius 2 is 2.11 bits per heavy atom. The summed E-state index contributed by atoms with van der Waals surface area (Å²) in [7, 11) is 2.96. The number of rotatable bonds is 5. The SMILES string of the molecule is [C-]#[N+]c1c(/C=C/C(=O)OCC)ccc(OC)c1OC. The lowest BCUT2D eigenvalue weighted by Crippen LogP contribution is -1.98. The molecular weight excluding hydrogens is 246 g/mol. The molecule has 1 aromatic carbocycles. The van der Waals surface area contributed by atoms with Gasteiger partial charge in [0.15, 0.2) is 5.75 Å². The van der Waals surface area contributed by atoms with E-state index >= 15 is 0 Å². The molecule has 0 amide bonds. The molecule has 0 unspecified atom stereocenters. The average Bonchev–Trinajstić information content (AvgIpc) is 2.43. The summed E-state index contributed by atoms with van der Waals surface area (Å²) in [5.41, 5.74) is 0.864. The lowest BCUT2D eigenvalue weighted by molar-refractivity contribution is -0.137. The van der Waals surface area contributed by atoms with Crippen LogP contribution in [0.15, 0.2) is 18.2 Å². The number of benzene rings is 1. The monoisotopic (exact) mass is 261 g/mol.